The Morgan fingerprint density at radius 3 is 2.56 bits per heavy atom. The maximum atomic E-state index is 6.07. The first kappa shape index (κ1) is 12.9. The van der Waals surface area contributed by atoms with Crippen molar-refractivity contribution in [2.45, 2.75) is 19.4 Å². The van der Waals surface area contributed by atoms with E-state index in [4.69, 9.17) is 15.2 Å². The first-order valence-corrected chi connectivity index (χ1v) is 5.31. The molecule has 1 heterocycles. The Bertz CT molecular complexity index is 303. The van der Waals surface area contributed by atoms with Crippen LogP contribution in [0.1, 0.15) is 25.1 Å². The lowest BCUT2D eigenvalue weighted by Gasteiger charge is -2.18. The quantitative estimate of drug-likeness (QED) is 0.786. The molecule has 0 aromatic carbocycles. The van der Waals surface area contributed by atoms with Crippen molar-refractivity contribution in [1.29, 1.82) is 0 Å². The second-order valence-electron chi connectivity index (χ2n) is 3.79. The van der Waals surface area contributed by atoms with Crippen LogP contribution in [-0.2, 0) is 4.74 Å². The largest absolute Gasteiger partial charge is 0.480 e. The Morgan fingerprint density at radius 1 is 1.31 bits per heavy atom. The lowest BCUT2D eigenvalue weighted by Crippen LogP contribution is -2.21. The van der Waals surface area contributed by atoms with Crippen molar-refractivity contribution in [2.24, 2.45) is 11.7 Å². The molecule has 5 nitrogen and oxygen atoms in total. The van der Waals surface area contributed by atoms with Gasteiger partial charge >= 0.3 is 0 Å². The number of aromatic nitrogens is 2. The molecule has 0 bridgehead atoms. The second kappa shape index (κ2) is 6.40. The van der Waals surface area contributed by atoms with Gasteiger partial charge in [-0.1, -0.05) is 6.92 Å². The minimum atomic E-state index is -0.117. The smallest absolute Gasteiger partial charge is 0.233 e. The molecule has 1 aromatic heterocycles. The van der Waals surface area contributed by atoms with Gasteiger partial charge in [-0.15, -0.1) is 5.10 Å². The molecular weight excluding hydrogens is 206 g/mol. The van der Waals surface area contributed by atoms with Crippen LogP contribution in [0.4, 0.5) is 0 Å². The van der Waals surface area contributed by atoms with Crippen molar-refractivity contribution < 1.29 is 9.47 Å². The summed E-state index contributed by atoms with van der Waals surface area (Å²) in [6.07, 6.45) is 0.908. The summed E-state index contributed by atoms with van der Waals surface area (Å²) < 4.78 is 9.96. The molecule has 0 saturated carbocycles. The van der Waals surface area contributed by atoms with Gasteiger partial charge in [-0.05, 0) is 18.4 Å². The van der Waals surface area contributed by atoms with Crippen LogP contribution in [0, 0.1) is 5.92 Å². The number of hydrogen-bond donors (Lipinski definition) is 1. The highest BCUT2D eigenvalue weighted by molar-refractivity contribution is 5.14. The monoisotopic (exact) mass is 225 g/mol. The minimum absolute atomic E-state index is 0.117. The van der Waals surface area contributed by atoms with E-state index in [0.717, 1.165) is 12.1 Å². The molecule has 1 rings (SSSR count). The first-order chi connectivity index (χ1) is 7.69. The standard InChI is InChI=1S/C11H19N3O2/c1-8(6-7-15-2)11(12)9-4-5-10(16-3)14-13-9/h4-5,8,11H,6-7,12H2,1-3H3. The molecule has 0 aliphatic carbocycles. The van der Waals surface area contributed by atoms with E-state index in [-0.39, 0.29) is 6.04 Å². The molecule has 0 aliphatic rings. The van der Waals surface area contributed by atoms with Crippen molar-refractivity contribution in [3.63, 3.8) is 0 Å². The molecule has 0 saturated heterocycles. The molecule has 2 atom stereocenters. The number of nitrogens with two attached hydrogens (primary N) is 1. The van der Waals surface area contributed by atoms with Crippen LogP contribution in [-0.4, -0.2) is 31.0 Å². The van der Waals surface area contributed by atoms with E-state index in [2.05, 4.69) is 17.1 Å². The molecule has 0 spiro atoms. The van der Waals surface area contributed by atoms with E-state index >= 15 is 0 Å². The van der Waals surface area contributed by atoms with Gasteiger partial charge in [0.2, 0.25) is 5.88 Å². The Hall–Kier alpha value is -1.20. The van der Waals surface area contributed by atoms with Gasteiger partial charge in [0.05, 0.1) is 18.8 Å². The predicted octanol–water partition coefficient (Wildman–Crippen LogP) is 1.16. The topological polar surface area (TPSA) is 70.3 Å². The van der Waals surface area contributed by atoms with Gasteiger partial charge in [0.1, 0.15) is 0 Å². The summed E-state index contributed by atoms with van der Waals surface area (Å²) in [6.45, 7) is 2.79. The molecule has 90 valence electrons. The molecule has 1 aromatic rings. The summed E-state index contributed by atoms with van der Waals surface area (Å²) in [5.41, 5.74) is 6.85. The van der Waals surface area contributed by atoms with E-state index in [1.54, 1.807) is 20.3 Å². The summed E-state index contributed by atoms with van der Waals surface area (Å²) in [5, 5.41) is 7.94. The summed E-state index contributed by atoms with van der Waals surface area (Å²) in [6, 6.07) is 3.50. The molecule has 0 amide bonds. The van der Waals surface area contributed by atoms with Crippen molar-refractivity contribution in [3.8, 4) is 5.88 Å². The van der Waals surface area contributed by atoms with E-state index in [1.807, 2.05) is 6.07 Å². The summed E-state index contributed by atoms with van der Waals surface area (Å²) in [5.74, 6) is 0.808. The third-order valence-corrected chi connectivity index (χ3v) is 2.60. The zero-order valence-corrected chi connectivity index (χ0v) is 10.0. The van der Waals surface area contributed by atoms with Crippen molar-refractivity contribution in [2.75, 3.05) is 20.8 Å². The van der Waals surface area contributed by atoms with E-state index < -0.39 is 0 Å². The minimum Gasteiger partial charge on any atom is -0.480 e. The number of hydrogen-bond acceptors (Lipinski definition) is 5. The zero-order chi connectivity index (χ0) is 12.0. The van der Waals surface area contributed by atoms with Gasteiger partial charge in [0.15, 0.2) is 0 Å². The number of ether oxygens (including phenoxy) is 2. The maximum Gasteiger partial charge on any atom is 0.233 e. The highest BCUT2D eigenvalue weighted by Crippen LogP contribution is 2.20. The van der Waals surface area contributed by atoms with Gasteiger partial charge in [-0.3, -0.25) is 0 Å². The molecule has 2 unspecified atom stereocenters. The van der Waals surface area contributed by atoms with Crippen LogP contribution in [0.3, 0.4) is 0 Å². The van der Waals surface area contributed by atoms with Gasteiger partial charge in [0.25, 0.3) is 0 Å². The van der Waals surface area contributed by atoms with Crippen molar-refractivity contribution in [3.05, 3.63) is 17.8 Å². The summed E-state index contributed by atoms with van der Waals surface area (Å²) >= 11 is 0. The van der Waals surface area contributed by atoms with E-state index in [0.29, 0.717) is 18.4 Å². The summed E-state index contributed by atoms with van der Waals surface area (Å²) in [4.78, 5) is 0. The third kappa shape index (κ3) is 3.43. The van der Waals surface area contributed by atoms with Gasteiger partial charge in [-0.25, -0.2) is 0 Å². The average Bonchev–Trinajstić information content (AvgIpc) is 2.35. The fraction of sp³-hybridized carbons (Fsp3) is 0.636. The second-order valence-corrected chi connectivity index (χ2v) is 3.79. The number of rotatable bonds is 6. The normalized spacial score (nSPS) is 14.5. The molecule has 5 heteroatoms. The molecule has 16 heavy (non-hydrogen) atoms. The van der Waals surface area contributed by atoms with Crippen LogP contribution in [0.5, 0.6) is 5.88 Å². The Morgan fingerprint density at radius 2 is 2.06 bits per heavy atom. The number of methoxy groups -OCH3 is 2. The van der Waals surface area contributed by atoms with Gasteiger partial charge in [-0.2, -0.15) is 5.10 Å². The molecule has 0 aliphatic heterocycles. The molecule has 2 N–H and O–H groups in total. The maximum absolute atomic E-state index is 6.07. The first-order valence-electron chi connectivity index (χ1n) is 5.31. The van der Waals surface area contributed by atoms with E-state index in [9.17, 15) is 0 Å². The summed E-state index contributed by atoms with van der Waals surface area (Å²) in [7, 11) is 3.25. The average molecular weight is 225 g/mol. The van der Waals surface area contributed by atoms with Gasteiger partial charge in [0, 0.05) is 19.8 Å². The number of nitrogens with zero attached hydrogens (tertiary/aromatic N) is 2. The Kier molecular flexibility index (Phi) is 5.14. The molecular formula is C11H19N3O2. The highest BCUT2D eigenvalue weighted by atomic mass is 16.5. The third-order valence-electron chi connectivity index (χ3n) is 2.60. The molecule has 0 radical (unpaired) electrons. The van der Waals surface area contributed by atoms with Crippen molar-refractivity contribution in [1.82, 2.24) is 10.2 Å². The van der Waals surface area contributed by atoms with E-state index in [1.165, 1.54) is 0 Å². The van der Waals surface area contributed by atoms with Crippen LogP contribution < -0.4 is 10.5 Å². The molecule has 0 fully saturated rings. The SMILES string of the molecule is COCCC(C)C(N)c1ccc(OC)nn1. The van der Waals surface area contributed by atoms with Crippen LogP contribution in [0.2, 0.25) is 0 Å². The Balaban J connectivity index is 2.60. The zero-order valence-electron chi connectivity index (χ0n) is 10.0. The highest BCUT2D eigenvalue weighted by Gasteiger charge is 2.16. The lowest BCUT2D eigenvalue weighted by molar-refractivity contribution is 0.174. The lowest BCUT2D eigenvalue weighted by atomic mass is 9.97. The van der Waals surface area contributed by atoms with Crippen LogP contribution in [0.15, 0.2) is 12.1 Å². The fourth-order valence-electron chi connectivity index (χ4n) is 1.39. The fourth-order valence-corrected chi connectivity index (χ4v) is 1.39. The van der Waals surface area contributed by atoms with Gasteiger partial charge < -0.3 is 15.2 Å². The van der Waals surface area contributed by atoms with Crippen molar-refractivity contribution >= 4 is 0 Å². The van der Waals surface area contributed by atoms with Crippen LogP contribution in [0.25, 0.3) is 0 Å². The van der Waals surface area contributed by atoms with Crippen LogP contribution >= 0.6 is 0 Å². The predicted molar refractivity (Wildman–Crippen MR) is 61.2 cm³/mol. The Labute approximate surface area is 96.0 Å².